The van der Waals surface area contributed by atoms with Crippen molar-refractivity contribution < 1.29 is 28.0 Å². The van der Waals surface area contributed by atoms with Crippen LogP contribution in [0.15, 0.2) is 42.5 Å². The molecule has 2 aromatic carbocycles. The van der Waals surface area contributed by atoms with Crippen LogP contribution in [0.4, 0.5) is 8.78 Å². The van der Waals surface area contributed by atoms with Gasteiger partial charge in [0, 0.05) is 28.6 Å². The first kappa shape index (κ1) is 28.1. The van der Waals surface area contributed by atoms with Crippen LogP contribution >= 0.6 is 11.6 Å². The second kappa shape index (κ2) is 9.36. The average molecular weight is 521 g/mol. The number of nitrogens with one attached hydrogen (secondary N) is 1. The normalized spacial score (nSPS) is 23.5. The maximum Gasteiger partial charge on any atom is 0.348 e. The quantitative estimate of drug-likeness (QED) is 0.448. The first-order valence-corrected chi connectivity index (χ1v) is 11.3. The van der Waals surface area contributed by atoms with Gasteiger partial charge in [-0.05, 0) is 35.1 Å². The summed E-state index contributed by atoms with van der Waals surface area (Å²) >= 11 is 5.72. The van der Waals surface area contributed by atoms with Gasteiger partial charge in [-0.3, -0.25) is 24.5 Å². The van der Waals surface area contributed by atoms with E-state index in [0.717, 1.165) is 17.0 Å². The summed E-state index contributed by atoms with van der Waals surface area (Å²) in [7, 11) is 35.7. The van der Waals surface area contributed by atoms with Crippen molar-refractivity contribution in [1.82, 2.24) is 15.0 Å². The molecule has 0 spiro atoms. The van der Waals surface area contributed by atoms with Crippen molar-refractivity contribution in [2.75, 3.05) is 0 Å². The number of benzene rings is 2. The number of hydrogen-bond acceptors (Lipinski definition) is 4. The molecule has 38 heavy (non-hydrogen) atoms. The van der Waals surface area contributed by atoms with Gasteiger partial charge in [0.1, 0.15) is 15.7 Å². The minimum atomic E-state index is -4.03. The zero-order chi connectivity index (χ0) is 28.4. The lowest BCUT2D eigenvalue weighted by molar-refractivity contribution is -0.154. The molecule has 3 atom stereocenters. The number of fused-ring (bicyclic) bond motifs is 1. The topological polar surface area (TPSA) is 86.8 Å². The Morgan fingerprint density at radius 3 is 2.34 bits per heavy atom. The standard InChI is InChI=1S/C22H12B6ClF2N3O4/c23-14-16(35)32-18(37)22(27,21(14,25)26)33-8-10-7-9(1-6-13(10)17(33)36)15(24)34(28)19(38)20(30,31)11-2-4-12(29)5-3-11/h1-7,14-15H,8H2,(H,32,35,37). The summed E-state index contributed by atoms with van der Waals surface area (Å²) in [4.78, 5) is 51.4. The van der Waals surface area contributed by atoms with E-state index in [9.17, 15) is 28.0 Å². The molecule has 178 valence electrons. The molecular formula is C22H12B6ClF2N3O4. The van der Waals surface area contributed by atoms with Crippen molar-refractivity contribution in [2.24, 2.45) is 0 Å². The highest BCUT2D eigenvalue weighted by atomic mass is 35.5. The molecule has 12 radical (unpaired) electrons. The average Bonchev–Trinajstić information content (AvgIpc) is 3.21. The third kappa shape index (κ3) is 4.10. The van der Waals surface area contributed by atoms with Crippen molar-refractivity contribution >= 4 is 82.4 Å². The fourth-order valence-corrected chi connectivity index (χ4v) is 4.46. The summed E-state index contributed by atoms with van der Waals surface area (Å²) in [5.74, 6) is -11.9. The van der Waals surface area contributed by atoms with Gasteiger partial charge in [-0.15, -0.1) is 0 Å². The van der Waals surface area contributed by atoms with Crippen LogP contribution in [0.3, 0.4) is 0 Å². The van der Waals surface area contributed by atoms with Crippen molar-refractivity contribution in [3.05, 3.63) is 69.7 Å². The number of carbonyl (C=O) groups excluding carboxylic acids is 4. The molecular weight excluding hydrogens is 509 g/mol. The van der Waals surface area contributed by atoms with Crippen molar-refractivity contribution in [2.45, 2.75) is 34.9 Å². The second-order valence-corrected chi connectivity index (χ2v) is 9.48. The number of piperidine rings is 1. The molecule has 2 aliphatic heterocycles. The number of amides is 4. The number of rotatable bonds is 5. The lowest BCUT2D eigenvalue weighted by atomic mass is 9.31. The Morgan fingerprint density at radius 1 is 1.13 bits per heavy atom. The maximum atomic E-state index is 14.8. The van der Waals surface area contributed by atoms with Crippen LogP contribution < -0.4 is 5.32 Å². The highest BCUT2D eigenvalue weighted by Crippen LogP contribution is 2.49. The van der Waals surface area contributed by atoms with Gasteiger partial charge >= 0.3 is 5.92 Å². The molecule has 7 nitrogen and oxygen atoms in total. The molecule has 2 aromatic rings. The molecule has 16 heteroatoms. The molecule has 0 bridgehead atoms. The summed E-state index contributed by atoms with van der Waals surface area (Å²) in [5.41, 5.74) is -2.70. The lowest BCUT2D eigenvalue weighted by Crippen LogP contribution is -2.72. The van der Waals surface area contributed by atoms with Crippen molar-refractivity contribution in [3.63, 3.8) is 0 Å². The van der Waals surface area contributed by atoms with E-state index in [1.807, 2.05) is 5.32 Å². The van der Waals surface area contributed by atoms with E-state index in [1.54, 1.807) is 0 Å². The molecule has 2 aliphatic rings. The molecule has 1 N–H and O–H groups in total. The van der Waals surface area contributed by atoms with E-state index >= 15 is 0 Å². The molecule has 3 unspecified atom stereocenters. The molecule has 1 fully saturated rings. The second-order valence-electron chi connectivity index (χ2n) is 9.04. The summed E-state index contributed by atoms with van der Waals surface area (Å²) < 4.78 is 29.6. The van der Waals surface area contributed by atoms with Gasteiger partial charge in [0.2, 0.25) is 19.8 Å². The van der Waals surface area contributed by atoms with Crippen LogP contribution in [0.1, 0.15) is 33.0 Å². The molecule has 0 saturated carbocycles. The van der Waals surface area contributed by atoms with Gasteiger partial charge in [0.15, 0.2) is 0 Å². The fourth-order valence-electron chi connectivity index (χ4n) is 4.33. The summed E-state index contributed by atoms with van der Waals surface area (Å²) in [6.45, 7) is -0.338. The molecule has 1 saturated heterocycles. The van der Waals surface area contributed by atoms with Crippen LogP contribution in [-0.4, -0.2) is 86.0 Å². The van der Waals surface area contributed by atoms with Gasteiger partial charge in [-0.1, -0.05) is 41.1 Å². The summed E-state index contributed by atoms with van der Waals surface area (Å²) in [6.07, 6.45) is 0. The maximum absolute atomic E-state index is 14.8. The third-order valence-corrected chi connectivity index (χ3v) is 7.00. The van der Waals surface area contributed by atoms with E-state index in [1.165, 1.54) is 30.3 Å². The van der Waals surface area contributed by atoms with Crippen molar-refractivity contribution in [1.29, 1.82) is 0 Å². The molecule has 2 heterocycles. The zero-order valence-corrected chi connectivity index (χ0v) is 20.3. The van der Waals surface area contributed by atoms with Crippen LogP contribution in [0.25, 0.3) is 0 Å². The number of nitrogens with zero attached hydrogens (tertiary/aromatic N) is 2. The highest BCUT2D eigenvalue weighted by molar-refractivity contribution is 6.57. The molecule has 4 amide bonds. The Bertz CT molecular complexity index is 1370. The SMILES string of the molecule is [B]C(c1ccc2c(c1)CN(C1([B])C(=O)NC(=O)C([B])C1([B])[B])C2=O)N([B])C(=O)C(F)(F)c1ccc(Cl)cc1. The largest absolute Gasteiger partial charge is 0.393 e. The smallest absolute Gasteiger partial charge is 0.348 e. The van der Waals surface area contributed by atoms with Crippen molar-refractivity contribution in [3.8, 4) is 0 Å². The first-order chi connectivity index (χ1) is 17.5. The van der Waals surface area contributed by atoms with Gasteiger partial charge in [0.05, 0.1) is 29.0 Å². The lowest BCUT2D eigenvalue weighted by Gasteiger charge is -2.55. The first-order valence-electron chi connectivity index (χ1n) is 10.9. The number of hydrogen-bond donors (Lipinski definition) is 1. The summed E-state index contributed by atoms with van der Waals surface area (Å²) in [5, 5.41) is -0.209. The zero-order valence-electron chi connectivity index (χ0n) is 19.5. The number of carbonyl (C=O) groups is 4. The highest BCUT2D eigenvalue weighted by Gasteiger charge is 2.59. The van der Waals surface area contributed by atoms with E-state index < -0.39 is 57.5 Å². The molecule has 4 rings (SSSR count). The predicted octanol–water partition coefficient (Wildman–Crippen LogP) is 0.0984. The number of alkyl halides is 2. The minimum absolute atomic E-state index is 0.0567. The third-order valence-electron chi connectivity index (χ3n) is 6.75. The Kier molecular flexibility index (Phi) is 6.92. The Balaban J connectivity index is 1.61. The van der Waals surface area contributed by atoms with E-state index in [0.29, 0.717) is 0 Å². The molecule has 0 aliphatic carbocycles. The van der Waals surface area contributed by atoms with Crippen LogP contribution in [0, 0.1) is 0 Å². The van der Waals surface area contributed by atoms with Crippen LogP contribution in [0.2, 0.25) is 16.1 Å². The number of halogens is 3. The van der Waals surface area contributed by atoms with E-state index in [4.69, 9.17) is 58.8 Å². The Morgan fingerprint density at radius 2 is 1.74 bits per heavy atom. The Labute approximate surface area is 229 Å². The van der Waals surface area contributed by atoms with Crippen LogP contribution in [-0.2, 0) is 26.9 Å². The van der Waals surface area contributed by atoms with Gasteiger partial charge in [0.25, 0.3) is 11.8 Å². The van der Waals surface area contributed by atoms with Gasteiger partial charge in [-0.2, -0.15) is 8.78 Å². The predicted molar refractivity (Wildman–Crippen MR) is 138 cm³/mol. The van der Waals surface area contributed by atoms with Gasteiger partial charge in [-0.25, -0.2) is 0 Å². The van der Waals surface area contributed by atoms with E-state index in [-0.39, 0.29) is 33.1 Å². The monoisotopic (exact) mass is 521 g/mol. The number of imide groups is 1. The van der Waals surface area contributed by atoms with Gasteiger partial charge < -0.3 is 9.71 Å². The molecule has 0 aromatic heterocycles. The summed E-state index contributed by atoms with van der Waals surface area (Å²) in [6, 6.07) is 8.25. The van der Waals surface area contributed by atoms with Crippen LogP contribution in [0.5, 0.6) is 0 Å². The van der Waals surface area contributed by atoms with E-state index in [2.05, 4.69) is 0 Å². The Hall–Kier alpha value is -2.94. The minimum Gasteiger partial charge on any atom is -0.393 e. The fraction of sp³-hybridized carbons (Fsp3) is 0.273.